The van der Waals surface area contributed by atoms with Gasteiger partial charge in [0.15, 0.2) is 0 Å². The lowest BCUT2D eigenvalue weighted by Crippen LogP contribution is -2.58. The molecule has 0 aliphatic carbocycles. The van der Waals surface area contributed by atoms with Crippen molar-refractivity contribution in [2.45, 2.75) is 63.4 Å². The molecule has 0 saturated carbocycles. The summed E-state index contributed by atoms with van der Waals surface area (Å²) in [4.78, 5) is 1.21. The Morgan fingerprint density at radius 2 is 1.08 bits per heavy atom. The highest BCUT2D eigenvalue weighted by Crippen LogP contribution is 2.40. The highest BCUT2D eigenvalue weighted by molar-refractivity contribution is 9.11. The fourth-order valence-electron chi connectivity index (χ4n) is 6.60. The Kier molecular flexibility index (Phi) is 13.6. The standard InChI is InChI=1S/C45H42BrClO5S/c46-41-24-22-38(53-41)26-37-25-36(21-23-39(37)47)42-44(50-29-34-17-9-3-10-18-34)45(51-30-35-19-11-4-12-20-35)43(49-28-33-15-7-2-8-16-33)40(52-42)31-48-27-32-13-5-1-6-14-32/h1-25,40,42-45H,26-31H2/t40?,42?,43-,44+,45?/m1/s1. The van der Waals surface area contributed by atoms with E-state index in [0.29, 0.717) is 44.5 Å². The molecule has 1 aromatic heterocycles. The van der Waals surface area contributed by atoms with Gasteiger partial charge in [0.2, 0.25) is 0 Å². The van der Waals surface area contributed by atoms with Gasteiger partial charge in [0.1, 0.15) is 30.5 Å². The van der Waals surface area contributed by atoms with E-state index in [2.05, 4.69) is 82.7 Å². The average molecular weight is 810 g/mol. The molecule has 5 nitrogen and oxygen atoms in total. The summed E-state index contributed by atoms with van der Waals surface area (Å²) >= 11 is 12.2. The van der Waals surface area contributed by atoms with E-state index in [4.69, 9.17) is 35.3 Å². The first-order chi connectivity index (χ1) is 26.1. The fraction of sp³-hybridized carbons (Fsp3) is 0.244. The van der Waals surface area contributed by atoms with Crippen molar-refractivity contribution in [3.63, 3.8) is 0 Å². The van der Waals surface area contributed by atoms with Crippen LogP contribution in [0.1, 0.15) is 44.4 Å². The second kappa shape index (κ2) is 19.1. The second-order valence-electron chi connectivity index (χ2n) is 13.1. The molecule has 1 aliphatic rings. The summed E-state index contributed by atoms with van der Waals surface area (Å²) in [5, 5.41) is 0.708. The molecule has 8 heteroatoms. The average Bonchev–Trinajstić information content (AvgIpc) is 3.62. The Bertz CT molecular complexity index is 1980. The number of ether oxygens (including phenoxy) is 5. The van der Waals surface area contributed by atoms with Crippen molar-refractivity contribution in [2.24, 2.45) is 0 Å². The van der Waals surface area contributed by atoms with Gasteiger partial charge in [-0.25, -0.2) is 0 Å². The van der Waals surface area contributed by atoms with Crippen LogP contribution in [0.2, 0.25) is 5.02 Å². The summed E-state index contributed by atoms with van der Waals surface area (Å²) < 4.78 is 35.3. The summed E-state index contributed by atoms with van der Waals surface area (Å²) in [7, 11) is 0. The van der Waals surface area contributed by atoms with Crippen molar-refractivity contribution >= 4 is 38.9 Å². The minimum atomic E-state index is -0.532. The number of hydrogen-bond acceptors (Lipinski definition) is 6. The maximum atomic E-state index is 7.14. The van der Waals surface area contributed by atoms with Gasteiger partial charge in [-0.05, 0) is 67.5 Å². The third-order valence-electron chi connectivity index (χ3n) is 9.28. The zero-order valence-corrected chi connectivity index (χ0v) is 32.4. The van der Waals surface area contributed by atoms with E-state index >= 15 is 0 Å². The number of benzene rings is 5. The third kappa shape index (κ3) is 10.5. The molecule has 0 radical (unpaired) electrons. The summed E-state index contributed by atoms with van der Waals surface area (Å²) in [5.74, 6) is 0. The minimum absolute atomic E-state index is 0.297. The maximum Gasteiger partial charge on any atom is 0.117 e. The van der Waals surface area contributed by atoms with E-state index in [1.807, 2.05) is 84.9 Å². The van der Waals surface area contributed by atoms with Crippen LogP contribution in [0.3, 0.4) is 0 Å². The lowest BCUT2D eigenvalue weighted by atomic mass is 9.89. The Morgan fingerprint density at radius 1 is 0.566 bits per heavy atom. The first-order valence-electron chi connectivity index (χ1n) is 17.9. The Hall–Kier alpha value is -3.63. The van der Waals surface area contributed by atoms with E-state index in [1.165, 1.54) is 4.88 Å². The summed E-state index contributed by atoms with van der Waals surface area (Å²) in [6.45, 7) is 1.88. The number of hydrogen-bond donors (Lipinski definition) is 0. The van der Waals surface area contributed by atoms with Crippen molar-refractivity contribution in [3.05, 3.63) is 199 Å². The maximum absolute atomic E-state index is 7.14. The van der Waals surface area contributed by atoms with Crippen LogP contribution in [0, 0.1) is 0 Å². The predicted molar refractivity (Wildman–Crippen MR) is 215 cm³/mol. The smallest absolute Gasteiger partial charge is 0.117 e. The fourth-order valence-corrected chi connectivity index (χ4v) is 8.29. The van der Waals surface area contributed by atoms with Gasteiger partial charge in [-0.3, -0.25) is 0 Å². The SMILES string of the molecule is Clc1ccc(C2OC(COCc3ccccc3)[C@@H](OCc3ccccc3)C(OCc3ccccc3)[C@H]2OCc2ccccc2)cc1Cc1ccc(Br)s1. The summed E-state index contributed by atoms with van der Waals surface area (Å²) in [6, 6.07) is 51.1. The van der Waals surface area contributed by atoms with Crippen molar-refractivity contribution in [1.82, 2.24) is 0 Å². The molecule has 1 fully saturated rings. The van der Waals surface area contributed by atoms with Crippen LogP contribution in [0.5, 0.6) is 0 Å². The van der Waals surface area contributed by atoms with Crippen LogP contribution >= 0.6 is 38.9 Å². The molecule has 0 spiro atoms. The molecule has 0 amide bonds. The molecule has 0 N–H and O–H groups in total. The van der Waals surface area contributed by atoms with E-state index in [-0.39, 0.29) is 0 Å². The topological polar surface area (TPSA) is 46.2 Å². The largest absolute Gasteiger partial charge is 0.374 e. The molecule has 5 atom stereocenters. The van der Waals surface area contributed by atoms with E-state index in [9.17, 15) is 0 Å². The molecule has 2 heterocycles. The minimum Gasteiger partial charge on any atom is -0.374 e. The molecule has 3 unspecified atom stereocenters. The molecule has 6 aromatic rings. The lowest BCUT2D eigenvalue weighted by molar-refractivity contribution is -0.275. The molecule has 7 rings (SSSR count). The number of halogens is 2. The zero-order valence-electron chi connectivity index (χ0n) is 29.3. The van der Waals surface area contributed by atoms with Gasteiger partial charge in [-0.2, -0.15) is 0 Å². The van der Waals surface area contributed by atoms with Crippen molar-refractivity contribution in [3.8, 4) is 0 Å². The van der Waals surface area contributed by atoms with Crippen molar-refractivity contribution in [1.29, 1.82) is 0 Å². The Balaban J connectivity index is 1.26. The molecule has 0 bridgehead atoms. The Labute approximate surface area is 329 Å². The van der Waals surface area contributed by atoms with E-state index in [1.54, 1.807) is 11.3 Å². The van der Waals surface area contributed by atoms with Crippen molar-refractivity contribution in [2.75, 3.05) is 6.61 Å². The molecule has 272 valence electrons. The van der Waals surface area contributed by atoms with Crippen LogP contribution in [0.4, 0.5) is 0 Å². The first-order valence-corrected chi connectivity index (χ1v) is 19.8. The van der Waals surface area contributed by atoms with Crippen LogP contribution in [0.15, 0.2) is 155 Å². The van der Waals surface area contributed by atoms with Gasteiger partial charge in [-0.1, -0.05) is 145 Å². The van der Waals surface area contributed by atoms with Gasteiger partial charge in [0.05, 0.1) is 36.8 Å². The third-order valence-corrected chi connectivity index (χ3v) is 11.3. The quantitative estimate of drug-likeness (QED) is 0.0974. The van der Waals surface area contributed by atoms with Gasteiger partial charge in [-0.15, -0.1) is 11.3 Å². The van der Waals surface area contributed by atoms with E-state index in [0.717, 1.165) is 37.2 Å². The molecular weight excluding hydrogens is 768 g/mol. The van der Waals surface area contributed by atoms with Crippen molar-refractivity contribution < 1.29 is 23.7 Å². The highest BCUT2D eigenvalue weighted by Gasteiger charge is 2.49. The summed E-state index contributed by atoms with van der Waals surface area (Å²) in [5.41, 5.74) is 6.25. The zero-order chi connectivity index (χ0) is 36.2. The van der Waals surface area contributed by atoms with Gasteiger partial charge < -0.3 is 23.7 Å². The van der Waals surface area contributed by atoms with E-state index < -0.39 is 30.5 Å². The first kappa shape index (κ1) is 37.7. The molecular formula is C45H42BrClO5S. The Morgan fingerprint density at radius 3 is 1.60 bits per heavy atom. The van der Waals surface area contributed by atoms with Crippen LogP contribution in [-0.4, -0.2) is 31.0 Å². The van der Waals surface area contributed by atoms with Gasteiger partial charge in [0.25, 0.3) is 0 Å². The van der Waals surface area contributed by atoms with Gasteiger partial charge >= 0.3 is 0 Å². The van der Waals surface area contributed by atoms with Crippen LogP contribution < -0.4 is 0 Å². The molecule has 53 heavy (non-hydrogen) atoms. The second-order valence-corrected chi connectivity index (χ2v) is 16.1. The normalized spacial score (nSPS) is 20.0. The molecule has 5 aromatic carbocycles. The number of thiophene rings is 1. The highest BCUT2D eigenvalue weighted by atomic mass is 79.9. The van der Waals surface area contributed by atoms with Crippen LogP contribution in [-0.2, 0) is 56.5 Å². The molecule has 1 aliphatic heterocycles. The monoisotopic (exact) mass is 808 g/mol. The number of rotatable bonds is 16. The lowest BCUT2D eigenvalue weighted by Gasteiger charge is -2.46. The molecule has 1 saturated heterocycles. The predicted octanol–water partition coefficient (Wildman–Crippen LogP) is 11.2. The van der Waals surface area contributed by atoms with Gasteiger partial charge in [0, 0.05) is 16.3 Å². The van der Waals surface area contributed by atoms with Crippen LogP contribution in [0.25, 0.3) is 0 Å². The summed E-state index contributed by atoms with van der Waals surface area (Å²) in [6.07, 6.45) is -1.84.